The van der Waals surface area contributed by atoms with Crippen molar-refractivity contribution in [2.24, 2.45) is 7.05 Å². The molecule has 104 valence electrons. The van der Waals surface area contributed by atoms with Gasteiger partial charge < -0.3 is 0 Å². The van der Waals surface area contributed by atoms with E-state index in [-0.39, 0.29) is 4.90 Å². The van der Waals surface area contributed by atoms with Crippen LogP contribution in [-0.2, 0) is 23.5 Å². The van der Waals surface area contributed by atoms with Gasteiger partial charge in [-0.1, -0.05) is 0 Å². The number of nitrogens with zero attached hydrogens (tertiary/aromatic N) is 3. The Morgan fingerprint density at radius 3 is 2.68 bits per heavy atom. The van der Waals surface area contributed by atoms with Gasteiger partial charge in [0, 0.05) is 26.2 Å². The Labute approximate surface area is 112 Å². The van der Waals surface area contributed by atoms with Gasteiger partial charge in [-0.25, -0.2) is 13.1 Å². The number of sulfonamides is 1. The number of H-pyrrole nitrogens is 1. The lowest BCUT2D eigenvalue weighted by Gasteiger charge is -2.05. The molecule has 0 aliphatic heterocycles. The third-order valence-electron chi connectivity index (χ3n) is 2.77. The van der Waals surface area contributed by atoms with E-state index in [0.717, 1.165) is 5.69 Å². The molecule has 2 N–H and O–H groups in total. The molecule has 19 heavy (non-hydrogen) atoms. The van der Waals surface area contributed by atoms with Gasteiger partial charge in [0.2, 0.25) is 10.0 Å². The van der Waals surface area contributed by atoms with Crippen molar-refractivity contribution in [2.45, 2.75) is 25.2 Å². The minimum Gasteiger partial charge on any atom is -0.281 e. The molecule has 0 fully saturated rings. The molecular formula is C11H17N5O2S. The summed E-state index contributed by atoms with van der Waals surface area (Å²) >= 11 is 0. The van der Waals surface area contributed by atoms with E-state index in [9.17, 15) is 8.42 Å². The highest BCUT2D eigenvalue weighted by molar-refractivity contribution is 7.89. The monoisotopic (exact) mass is 283 g/mol. The largest absolute Gasteiger partial charge is 0.281 e. The van der Waals surface area contributed by atoms with Gasteiger partial charge in [-0.3, -0.25) is 9.78 Å². The second kappa shape index (κ2) is 5.14. The molecule has 7 nitrogen and oxygen atoms in total. The van der Waals surface area contributed by atoms with Crippen LogP contribution in [0, 0.1) is 13.8 Å². The summed E-state index contributed by atoms with van der Waals surface area (Å²) in [6.07, 6.45) is 2.38. The van der Waals surface area contributed by atoms with Crippen molar-refractivity contribution in [1.29, 1.82) is 0 Å². The molecule has 8 heteroatoms. The third kappa shape index (κ3) is 3.02. The molecule has 0 spiro atoms. The van der Waals surface area contributed by atoms with Gasteiger partial charge in [0.1, 0.15) is 4.90 Å². The highest BCUT2D eigenvalue weighted by atomic mass is 32.2. The van der Waals surface area contributed by atoms with Crippen LogP contribution in [0.5, 0.6) is 0 Å². The fraction of sp³-hybridized carbons (Fsp3) is 0.455. The van der Waals surface area contributed by atoms with E-state index in [1.54, 1.807) is 18.5 Å². The SMILES string of the molecule is Cc1n[nH]c(C)c1S(=O)(=O)NCCc1ccn(C)n1. The van der Waals surface area contributed by atoms with E-state index < -0.39 is 10.0 Å². The van der Waals surface area contributed by atoms with Gasteiger partial charge in [0.05, 0.1) is 17.1 Å². The van der Waals surface area contributed by atoms with Crippen molar-refractivity contribution in [1.82, 2.24) is 24.7 Å². The van der Waals surface area contributed by atoms with Crippen LogP contribution in [0.3, 0.4) is 0 Å². The average Bonchev–Trinajstić information content (AvgIpc) is 2.86. The summed E-state index contributed by atoms with van der Waals surface area (Å²) < 4.78 is 28.5. The number of rotatable bonds is 5. The fourth-order valence-electron chi connectivity index (χ4n) is 1.92. The standard InChI is InChI=1S/C11H17N5O2S/c1-8-11(9(2)14-13-8)19(17,18)12-6-4-10-5-7-16(3)15-10/h5,7,12H,4,6H2,1-3H3,(H,13,14). The lowest BCUT2D eigenvalue weighted by molar-refractivity contribution is 0.580. The average molecular weight is 283 g/mol. The van der Waals surface area contributed by atoms with E-state index in [1.807, 2.05) is 19.3 Å². The quantitative estimate of drug-likeness (QED) is 0.824. The van der Waals surface area contributed by atoms with Crippen LogP contribution in [0.25, 0.3) is 0 Å². The van der Waals surface area contributed by atoms with Crippen LogP contribution in [0.1, 0.15) is 17.1 Å². The van der Waals surface area contributed by atoms with Crippen LogP contribution in [-0.4, -0.2) is 34.9 Å². The van der Waals surface area contributed by atoms with Gasteiger partial charge in [-0.2, -0.15) is 10.2 Å². The normalized spacial score (nSPS) is 11.9. The third-order valence-corrected chi connectivity index (χ3v) is 4.49. The number of aromatic amines is 1. The summed E-state index contributed by atoms with van der Waals surface area (Å²) in [6, 6.07) is 1.86. The van der Waals surface area contributed by atoms with Gasteiger partial charge in [-0.15, -0.1) is 0 Å². The number of aryl methyl sites for hydroxylation is 3. The summed E-state index contributed by atoms with van der Waals surface area (Å²) in [7, 11) is -1.69. The topological polar surface area (TPSA) is 92.7 Å². The first kappa shape index (κ1) is 13.8. The van der Waals surface area contributed by atoms with Gasteiger partial charge in [-0.05, 0) is 19.9 Å². The molecule has 2 heterocycles. The van der Waals surface area contributed by atoms with E-state index in [4.69, 9.17) is 0 Å². The minimum absolute atomic E-state index is 0.230. The maximum Gasteiger partial charge on any atom is 0.244 e. The zero-order valence-electron chi connectivity index (χ0n) is 11.1. The molecule has 2 aromatic heterocycles. The summed E-state index contributed by atoms with van der Waals surface area (Å²) in [5.41, 5.74) is 1.87. The molecule has 0 aliphatic carbocycles. The van der Waals surface area contributed by atoms with E-state index in [0.29, 0.717) is 24.4 Å². The smallest absolute Gasteiger partial charge is 0.244 e. The number of hydrogen-bond acceptors (Lipinski definition) is 4. The van der Waals surface area contributed by atoms with Gasteiger partial charge in [0.15, 0.2) is 0 Å². The van der Waals surface area contributed by atoms with Crippen molar-refractivity contribution in [2.75, 3.05) is 6.54 Å². The van der Waals surface area contributed by atoms with Crippen LogP contribution in [0.4, 0.5) is 0 Å². The minimum atomic E-state index is -3.52. The van der Waals surface area contributed by atoms with Gasteiger partial charge in [0.25, 0.3) is 0 Å². The Morgan fingerprint density at radius 2 is 2.16 bits per heavy atom. The Morgan fingerprint density at radius 1 is 1.42 bits per heavy atom. The van der Waals surface area contributed by atoms with Crippen molar-refractivity contribution < 1.29 is 8.42 Å². The van der Waals surface area contributed by atoms with E-state index in [1.165, 1.54) is 0 Å². The first-order chi connectivity index (χ1) is 8.90. The molecule has 2 rings (SSSR count). The maximum atomic E-state index is 12.1. The predicted octanol–water partition coefficient (Wildman–Crippen LogP) is 0.281. The molecule has 0 bridgehead atoms. The second-order valence-electron chi connectivity index (χ2n) is 4.39. The van der Waals surface area contributed by atoms with Crippen molar-refractivity contribution >= 4 is 10.0 Å². The van der Waals surface area contributed by atoms with Crippen LogP contribution in [0.2, 0.25) is 0 Å². The first-order valence-corrected chi connectivity index (χ1v) is 7.38. The molecule has 0 unspecified atom stereocenters. The first-order valence-electron chi connectivity index (χ1n) is 5.90. The van der Waals surface area contributed by atoms with E-state index >= 15 is 0 Å². The lowest BCUT2D eigenvalue weighted by atomic mass is 10.3. The van der Waals surface area contributed by atoms with Crippen molar-refractivity contribution in [3.05, 3.63) is 29.3 Å². The summed E-state index contributed by atoms with van der Waals surface area (Å²) in [5, 5.41) is 10.8. The molecule has 0 amide bonds. The molecule has 0 atom stereocenters. The molecule has 0 saturated heterocycles. The molecule has 0 aliphatic rings. The zero-order chi connectivity index (χ0) is 14.0. The van der Waals surface area contributed by atoms with Crippen molar-refractivity contribution in [3.8, 4) is 0 Å². The Bertz CT molecular complexity index is 652. The van der Waals surface area contributed by atoms with Crippen LogP contribution < -0.4 is 4.72 Å². The number of hydrogen-bond donors (Lipinski definition) is 2. The van der Waals surface area contributed by atoms with E-state index in [2.05, 4.69) is 20.0 Å². The summed E-state index contributed by atoms with van der Waals surface area (Å²) in [6.45, 7) is 3.66. The predicted molar refractivity (Wildman–Crippen MR) is 70.2 cm³/mol. The Hall–Kier alpha value is -1.67. The van der Waals surface area contributed by atoms with Gasteiger partial charge >= 0.3 is 0 Å². The number of aromatic nitrogens is 4. The number of nitrogens with one attached hydrogen (secondary N) is 2. The molecule has 0 radical (unpaired) electrons. The molecule has 0 aromatic carbocycles. The zero-order valence-corrected chi connectivity index (χ0v) is 12.0. The highest BCUT2D eigenvalue weighted by Gasteiger charge is 2.21. The second-order valence-corrected chi connectivity index (χ2v) is 6.10. The summed E-state index contributed by atoms with van der Waals surface area (Å²) in [4.78, 5) is 0.230. The molecule has 2 aromatic rings. The maximum absolute atomic E-state index is 12.1. The molecule has 0 saturated carbocycles. The van der Waals surface area contributed by atoms with Crippen LogP contribution in [0.15, 0.2) is 17.2 Å². The van der Waals surface area contributed by atoms with Crippen LogP contribution >= 0.6 is 0 Å². The lowest BCUT2D eigenvalue weighted by Crippen LogP contribution is -2.27. The Balaban J connectivity index is 2.03. The fourth-order valence-corrected chi connectivity index (χ4v) is 3.32. The van der Waals surface area contributed by atoms with Crippen molar-refractivity contribution in [3.63, 3.8) is 0 Å². The molecular weight excluding hydrogens is 266 g/mol. The Kier molecular flexibility index (Phi) is 3.72. The summed E-state index contributed by atoms with van der Waals surface area (Å²) in [5.74, 6) is 0. The highest BCUT2D eigenvalue weighted by Crippen LogP contribution is 2.15.